The Labute approximate surface area is 407 Å². The lowest BCUT2D eigenvalue weighted by Crippen LogP contribution is -2.63. The van der Waals surface area contributed by atoms with Crippen LogP contribution in [-0.2, 0) is 61.8 Å². The normalized spacial score (nSPS) is 36.7. The second kappa shape index (κ2) is 28.0. The zero-order valence-corrected chi connectivity index (χ0v) is 42.1. The van der Waals surface area contributed by atoms with Gasteiger partial charge in [-0.1, -0.05) is 74.9 Å². The fourth-order valence-corrected chi connectivity index (χ4v) is 9.22. The SMILES string of the molecule is CCOC(=O)/C=C/C[C@H]1C[C@@H](C)C(=O)/C=C/C(C)=C/[C@H](CO[C@@H]2O[C@H](C)[C@@H](O)[C@@H](OC)[C@H]2OC)[C@@H](CC)OC(=O)C[C@@H](OC(=O)/C=C/c2ccccc2)[C@H](C)[C@H]1O[C@H]1O[C@@H](C)[C@H](O)[C@@H](N(C)C)[C@@H]1O. The zero-order valence-electron chi connectivity index (χ0n) is 42.1. The fraction of sp³-hybridized carbons (Fsp3) is 0.654. The van der Waals surface area contributed by atoms with Crippen LogP contribution in [-0.4, -0.2) is 165 Å². The highest BCUT2D eigenvalue weighted by molar-refractivity contribution is 5.92. The van der Waals surface area contributed by atoms with E-state index in [2.05, 4.69) is 0 Å². The largest absolute Gasteiger partial charge is 0.463 e. The maximum Gasteiger partial charge on any atom is 0.331 e. The molecule has 17 heteroatoms. The number of esters is 3. The van der Waals surface area contributed by atoms with Crippen LogP contribution in [0.4, 0.5) is 0 Å². The number of cyclic esters (lactones) is 1. The first kappa shape index (κ1) is 57.4. The molecule has 1 aromatic carbocycles. The van der Waals surface area contributed by atoms with Gasteiger partial charge in [0.15, 0.2) is 18.4 Å². The van der Waals surface area contributed by atoms with E-state index in [0.29, 0.717) is 12.0 Å². The van der Waals surface area contributed by atoms with E-state index in [4.69, 9.17) is 42.6 Å². The summed E-state index contributed by atoms with van der Waals surface area (Å²) in [6.07, 6.45) is -0.748. The van der Waals surface area contributed by atoms with Gasteiger partial charge in [-0.2, -0.15) is 0 Å². The van der Waals surface area contributed by atoms with Crippen molar-refractivity contribution in [1.29, 1.82) is 0 Å². The number of hydrogen-bond donors (Lipinski definition) is 3. The molecule has 2 fully saturated rings. The minimum Gasteiger partial charge on any atom is -0.463 e. The van der Waals surface area contributed by atoms with E-state index in [1.165, 1.54) is 32.4 Å². The molecule has 0 bridgehead atoms. The third kappa shape index (κ3) is 16.5. The molecule has 0 aliphatic carbocycles. The summed E-state index contributed by atoms with van der Waals surface area (Å²) in [5.41, 5.74) is 1.41. The first-order valence-corrected chi connectivity index (χ1v) is 24.0. The van der Waals surface area contributed by atoms with Gasteiger partial charge in [0.25, 0.3) is 0 Å². The molecular weight excluding hydrogens is 895 g/mol. The van der Waals surface area contributed by atoms with Gasteiger partial charge in [-0.3, -0.25) is 9.59 Å². The highest BCUT2D eigenvalue weighted by atomic mass is 16.7. The van der Waals surface area contributed by atoms with Gasteiger partial charge in [0.05, 0.1) is 50.1 Å². The summed E-state index contributed by atoms with van der Waals surface area (Å²) in [6.45, 7) is 12.4. The van der Waals surface area contributed by atoms with Crippen molar-refractivity contribution >= 4 is 29.8 Å². The molecule has 17 nitrogen and oxygen atoms in total. The van der Waals surface area contributed by atoms with E-state index >= 15 is 0 Å². The second-order valence-electron chi connectivity index (χ2n) is 18.5. The molecule has 2 saturated heterocycles. The maximum atomic E-state index is 14.4. The number of carbonyl (C=O) groups is 4. The van der Waals surface area contributed by atoms with E-state index in [9.17, 15) is 34.5 Å². The number of benzene rings is 1. The summed E-state index contributed by atoms with van der Waals surface area (Å²) in [5, 5.41) is 33.6. The van der Waals surface area contributed by atoms with Crippen molar-refractivity contribution in [3.8, 4) is 0 Å². The molecule has 386 valence electrons. The molecular formula is C52H77NO16. The molecule has 0 spiro atoms. The Hall–Kier alpha value is -4.14. The van der Waals surface area contributed by atoms with Crippen LogP contribution in [0.15, 0.2) is 72.4 Å². The minimum absolute atomic E-state index is 0.0358. The van der Waals surface area contributed by atoms with Crippen LogP contribution in [0.3, 0.4) is 0 Å². The van der Waals surface area contributed by atoms with Gasteiger partial charge in [-0.15, -0.1) is 0 Å². The molecule has 0 aromatic heterocycles. The predicted molar refractivity (Wildman–Crippen MR) is 255 cm³/mol. The van der Waals surface area contributed by atoms with E-state index in [0.717, 1.165) is 5.56 Å². The number of ketones is 1. The highest BCUT2D eigenvalue weighted by Gasteiger charge is 2.48. The van der Waals surface area contributed by atoms with E-state index < -0.39 is 128 Å². The number of allylic oxidation sites excluding steroid dienone is 4. The van der Waals surface area contributed by atoms with Crippen molar-refractivity contribution in [3.63, 3.8) is 0 Å². The summed E-state index contributed by atoms with van der Waals surface area (Å²) < 4.78 is 54.2. The third-order valence-corrected chi connectivity index (χ3v) is 13.1. The van der Waals surface area contributed by atoms with Gasteiger partial charge in [-0.25, -0.2) is 9.59 Å². The van der Waals surface area contributed by atoms with Gasteiger partial charge in [0.1, 0.15) is 36.6 Å². The lowest BCUT2D eigenvalue weighted by Gasteiger charge is -2.46. The van der Waals surface area contributed by atoms with Crippen molar-refractivity contribution in [1.82, 2.24) is 4.90 Å². The van der Waals surface area contributed by atoms with Crippen molar-refractivity contribution in [3.05, 3.63) is 77.9 Å². The number of ether oxygens (including phenoxy) is 9. The van der Waals surface area contributed by atoms with Crippen LogP contribution in [0, 0.1) is 23.7 Å². The number of likely N-dealkylation sites (N-methyl/N-ethyl adjacent to an activating group) is 1. The quantitative estimate of drug-likeness (QED) is 0.116. The molecule has 3 heterocycles. The van der Waals surface area contributed by atoms with Gasteiger partial charge in [-0.05, 0) is 84.7 Å². The van der Waals surface area contributed by atoms with Crippen molar-refractivity contribution in [2.24, 2.45) is 23.7 Å². The van der Waals surface area contributed by atoms with Crippen LogP contribution in [0.1, 0.15) is 79.7 Å². The van der Waals surface area contributed by atoms with E-state index in [1.54, 1.807) is 71.8 Å². The lowest BCUT2D eigenvalue weighted by molar-refractivity contribution is -0.304. The van der Waals surface area contributed by atoms with Gasteiger partial charge < -0.3 is 62.9 Å². The molecule has 0 radical (unpaired) electrons. The van der Waals surface area contributed by atoms with Crippen LogP contribution < -0.4 is 0 Å². The van der Waals surface area contributed by atoms with Crippen LogP contribution >= 0.6 is 0 Å². The standard InChI is InChI=1S/C52H77NO16/c1-12-39-37(29-64-52-50(62-11)49(61-10)46(59)34(7)66-52)26-30(3)22-24-38(54)31(4)27-36(20-17-21-41(55)63-13-2)48(69-51-47(60)44(53(8)9)45(58)33(6)65-51)32(5)40(28-43(57)67-39)68-42(56)25-23-35-18-15-14-16-19-35/h14-19,21-26,31-34,36-37,39-40,44-52,58-60H,12-13,20,27-29H2,1-11H3/b21-17+,24-22+,25-23+,30-26+/t31-,32+,33+,34-,36+,37-,39-,40-,44-,45+,46-,47+,48-,49-,50-,51-,52-/m1/s1. The van der Waals surface area contributed by atoms with E-state index in [1.807, 2.05) is 50.3 Å². The second-order valence-corrected chi connectivity index (χ2v) is 18.5. The summed E-state index contributed by atoms with van der Waals surface area (Å²) in [4.78, 5) is 56.6. The van der Waals surface area contributed by atoms with E-state index in [-0.39, 0.29) is 31.8 Å². The molecule has 17 atom stereocenters. The average molecular weight is 972 g/mol. The van der Waals surface area contributed by atoms with Crippen LogP contribution in [0.5, 0.6) is 0 Å². The monoisotopic (exact) mass is 972 g/mol. The number of nitrogens with zero attached hydrogens (tertiary/aromatic N) is 1. The Morgan fingerprint density at radius 3 is 2.14 bits per heavy atom. The van der Waals surface area contributed by atoms with Crippen LogP contribution in [0.25, 0.3) is 6.08 Å². The number of methoxy groups -OCH3 is 2. The van der Waals surface area contributed by atoms with Gasteiger partial charge >= 0.3 is 17.9 Å². The van der Waals surface area contributed by atoms with Crippen molar-refractivity contribution < 1.29 is 77.1 Å². The Bertz CT molecular complexity index is 1900. The molecule has 0 unspecified atom stereocenters. The van der Waals surface area contributed by atoms with Crippen molar-refractivity contribution in [2.45, 2.75) is 154 Å². The fourth-order valence-electron chi connectivity index (χ4n) is 9.22. The molecule has 3 N–H and O–H groups in total. The average Bonchev–Trinajstić information content (AvgIpc) is 3.31. The Balaban J connectivity index is 1.83. The number of aliphatic hydroxyl groups excluding tert-OH is 3. The minimum atomic E-state index is -1.37. The summed E-state index contributed by atoms with van der Waals surface area (Å²) in [6, 6.07) is 8.33. The molecule has 0 saturated carbocycles. The Morgan fingerprint density at radius 1 is 0.841 bits per heavy atom. The molecule has 0 amide bonds. The Kier molecular flexibility index (Phi) is 23.3. The summed E-state index contributed by atoms with van der Waals surface area (Å²) in [5.74, 6) is -4.95. The summed E-state index contributed by atoms with van der Waals surface area (Å²) in [7, 11) is 6.36. The smallest absolute Gasteiger partial charge is 0.331 e. The number of aliphatic hydroxyl groups is 3. The number of rotatable bonds is 16. The highest BCUT2D eigenvalue weighted by Crippen LogP contribution is 2.36. The molecule has 3 aliphatic heterocycles. The number of hydrogen-bond acceptors (Lipinski definition) is 17. The summed E-state index contributed by atoms with van der Waals surface area (Å²) >= 11 is 0. The third-order valence-electron chi connectivity index (χ3n) is 13.1. The molecule has 4 rings (SSSR count). The predicted octanol–water partition coefficient (Wildman–Crippen LogP) is 4.75. The van der Waals surface area contributed by atoms with Gasteiger partial charge in [0, 0.05) is 44.1 Å². The maximum absolute atomic E-state index is 14.4. The number of carbonyl (C=O) groups excluding carboxylic acids is 4. The topological polar surface area (TPSA) is 215 Å². The van der Waals surface area contributed by atoms with Crippen molar-refractivity contribution in [2.75, 3.05) is 41.5 Å². The Morgan fingerprint density at radius 2 is 1.51 bits per heavy atom. The first-order valence-electron chi connectivity index (χ1n) is 24.0. The zero-order chi connectivity index (χ0) is 50.9. The first-order chi connectivity index (χ1) is 32.8. The molecule has 3 aliphatic rings. The van der Waals surface area contributed by atoms with Gasteiger partial charge in [0.2, 0.25) is 0 Å². The van der Waals surface area contributed by atoms with Crippen LogP contribution in [0.2, 0.25) is 0 Å². The molecule has 1 aromatic rings. The molecule has 69 heavy (non-hydrogen) atoms. The lowest BCUT2D eigenvalue weighted by atomic mass is 9.79.